The van der Waals surface area contributed by atoms with Gasteiger partial charge >= 0.3 is 29.8 Å². The molecule has 5 unspecified atom stereocenters. The van der Waals surface area contributed by atoms with E-state index in [0.29, 0.717) is 17.6 Å². The third kappa shape index (κ3) is 18.0. The lowest BCUT2D eigenvalue weighted by atomic mass is 9.71. The van der Waals surface area contributed by atoms with Gasteiger partial charge in [-0.3, -0.25) is 24.0 Å². The summed E-state index contributed by atoms with van der Waals surface area (Å²) in [6.45, 7) is 20.4. The molecule has 0 fully saturated rings. The number of ether oxygens (including phenoxy) is 3. The zero-order valence-electron chi connectivity index (χ0n) is 41.9. The van der Waals surface area contributed by atoms with E-state index in [9.17, 15) is 54.0 Å². The molecule has 0 bridgehead atoms. The van der Waals surface area contributed by atoms with Crippen LogP contribution in [0.4, 0.5) is 0 Å². The molecule has 0 amide bonds. The van der Waals surface area contributed by atoms with Crippen LogP contribution in [0.2, 0.25) is 0 Å². The number of carbonyl (C=O) groups excluding carboxylic acids is 4. The Morgan fingerprint density at radius 1 is 0.623 bits per heavy atom. The van der Waals surface area contributed by atoms with Gasteiger partial charge in [0, 0.05) is 12.8 Å². The van der Waals surface area contributed by atoms with Crippen LogP contribution in [-0.2, 0) is 47.8 Å². The average molecular weight is 959 g/mol. The highest BCUT2D eigenvalue weighted by Crippen LogP contribution is 2.42. The molecule has 376 valence electrons. The monoisotopic (exact) mass is 958 g/mol. The molecule has 0 spiro atoms. The zero-order chi connectivity index (χ0) is 52.7. The smallest absolute Gasteiger partial charge is 0.336 e. The molecule has 15 nitrogen and oxygen atoms in total. The lowest BCUT2D eigenvalue weighted by Gasteiger charge is -2.38. The van der Waals surface area contributed by atoms with Crippen LogP contribution >= 0.6 is 0 Å². The van der Waals surface area contributed by atoms with Gasteiger partial charge in [-0.15, -0.1) is 0 Å². The van der Waals surface area contributed by atoms with Crippen LogP contribution in [0.25, 0.3) is 0 Å². The number of Topliss-reactive ketones (excluding diaryl/α,β-unsaturated/α-hetero) is 2. The molecule has 0 saturated heterocycles. The summed E-state index contributed by atoms with van der Waals surface area (Å²) in [5.74, 6) is -7.77. The van der Waals surface area contributed by atoms with E-state index in [4.69, 9.17) is 14.6 Å². The van der Waals surface area contributed by atoms with Crippen LogP contribution in [0.1, 0.15) is 115 Å². The summed E-state index contributed by atoms with van der Waals surface area (Å²) in [5, 5.41) is 48.8. The fourth-order valence-corrected chi connectivity index (χ4v) is 8.03. The molecule has 0 aromatic rings. The van der Waals surface area contributed by atoms with Crippen LogP contribution in [0.5, 0.6) is 0 Å². The number of aliphatic hydroxyl groups is 2. The van der Waals surface area contributed by atoms with Crippen molar-refractivity contribution in [3.05, 3.63) is 130 Å². The number of carboxylic acid groups (broad SMARTS) is 3. The van der Waals surface area contributed by atoms with Crippen molar-refractivity contribution in [1.82, 2.24) is 0 Å². The Bertz CT molecular complexity index is 2350. The van der Waals surface area contributed by atoms with Gasteiger partial charge in [0.05, 0.1) is 32.5 Å². The Morgan fingerprint density at radius 3 is 1.43 bits per heavy atom. The minimum Gasteiger partial charge on any atom is -0.481 e. The van der Waals surface area contributed by atoms with Crippen molar-refractivity contribution in [1.29, 1.82) is 0 Å². The summed E-state index contributed by atoms with van der Waals surface area (Å²) in [4.78, 5) is 85.3. The van der Waals surface area contributed by atoms with E-state index in [1.54, 1.807) is 13.8 Å². The second kappa shape index (κ2) is 25.4. The van der Waals surface area contributed by atoms with E-state index in [0.717, 1.165) is 40.5 Å². The predicted octanol–water partition coefficient (Wildman–Crippen LogP) is 8.32. The molecule has 2 rings (SSSR count). The number of ketones is 2. The first-order valence-electron chi connectivity index (χ1n) is 22.5. The van der Waals surface area contributed by atoms with Crippen molar-refractivity contribution >= 4 is 41.4 Å². The van der Waals surface area contributed by atoms with Crippen molar-refractivity contribution in [2.24, 2.45) is 10.8 Å². The predicted molar refractivity (Wildman–Crippen MR) is 260 cm³/mol. The second-order valence-electron chi connectivity index (χ2n) is 19.2. The summed E-state index contributed by atoms with van der Waals surface area (Å²) in [7, 11) is 1.02. The lowest BCUT2D eigenvalue weighted by molar-refractivity contribution is -0.175. The molecule has 0 saturated carbocycles. The van der Waals surface area contributed by atoms with Crippen LogP contribution < -0.4 is 0 Å². The number of hydrogen-bond donors (Lipinski definition) is 5. The fourth-order valence-electron chi connectivity index (χ4n) is 8.03. The topological polar surface area (TPSA) is 248 Å². The van der Waals surface area contributed by atoms with Crippen LogP contribution in [0.3, 0.4) is 0 Å². The van der Waals surface area contributed by atoms with Crippen molar-refractivity contribution < 1.29 is 73.3 Å². The highest BCUT2D eigenvalue weighted by molar-refractivity contribution is 6.02. The van der Waals surface area contributed by atoms with E-state index in [1.165, 1.54) is 6.92 Å². The van der Waals surface area contributed by atoms with Crippen molar-refractivity contribution in [3.8, 4) is 0 Å². The Labute approximate surface area is 405 Å². The normalized spacial score (nSPS) is 21.9. The Balaban J connectivity index is 2.02. The Hall–Kier alpha value is -6.29. The molecule has 5 N–H and O–H groups in total. The molecule has 0 aromatic heterocycles. The van der Waals surface area contributed by atoms with E-state index in [2.05, 4.69) is 4.74 Å². The molecule has 69 heavy (non-hydrogen) atoms. The Kier molecular flexibility index (Phi) is 21.6. The highest BCUT2D eigenvalue weighted by Gasteiger charge is 2.46. The molecular weight excluding hydrogens is 889 g/mol. The first kappa shape index (κ1) is 58.8. The molecule has 0 heterocycles. The molecule has 2 aliphatic rings. The average Bonchev–Trinajstić information content (AvgIpc) is 3.22. The minimum atomic E-state index is -2.75. The van der Waals surface area contributed by atoms with Crippen molar-refractivity contribution in [2.45, 2.75) is 144 Å². The SMILES string of the molecule is COC(=O)CC(O)(CC(=O)OC1CC(C)(C)C(/C=C/C(C)=C/C=C/C(C)=C/C=C/C=C(C)/C=C/C=C(C)/C=C/C2=C(C)C(=O)C(OC(C)CC(O)(CC(=O)O)C(=O)O)CC2(C)C)=C(C)C1=O)C(=O)O. The molecule has 0 radical (unpaired) electrons. The first-order valence-corrected chi connectivity index (χ1v) is 22.5. The van der Waals surface area contributed by atoms with E-state index < -0.39 is 102 Å². The second-order valence-corrected chi connectivity index (χ2v) is 19.2. The number of carboxylic acids is 3. The molecule has 15 heteroatoms. The van der Waals surface area contributed by atoms with E-state index in [-0.39, 0.29) is 12.2 Å². The maximum Gasteiger partial charge on any atom is 0.336 e. The van der Waals surface area contributed by atoms with Gasteiger partial charge in [-0.25, -0.2) is 9.59 Å². The molecule has 0 aliphatic heterocycles. The van der Waals surface area contributed by atoms with Gasteiger partial charge in [0.15, 0.2) is 28.9 Å². The lowest BCUT2D eigenvalue weighted by Crippen LogP contribution is -2.45. The van der Waals surface area contributed by atoms with Crippen molar-refractivity contribution in [3.63, 3.8) is 0 Å². The molecule has 5 atom stereocenters. The quantitative estimate of drug-likeness (QED) is 0.0477. The first-order chi connectivity index (χ1) is 31.9. The van der Waals surface area contributed by atoms with E-state index >= 15 is 0 Å². The summed E-state index contributed by atoms with van der Waals surface area (Å²) in [5.41, 5.74) is 0.0206. The number of esters is 2. The minimum absolute atomic E-state index is 0.123. The summed E-state index contributed by atoms with van der Waals surface area (Å²) in [6, 6.07) is 0. The van der Waals surface area contributed by atoms with Crippen molar-refractivity contribution in [2.75, 3.05) is 7.11 Å². The maximum atomic E-state index is 13.3. The fraction of sp³-hybridized carbons (Fsp3) is 0.463. The summed E-state index contributed by atoms with van der Waals surface area (Å²) < 4.78 is 15.7. The van der Waals surface area contributed by atoms with Gasteiger partial charge in [0.25, 0.3) is 0 Å². The third-order valence-corrected chi connectivity index (χ3v) is 11.9. The highest BCUT2D eigenvalue weighted by atomic mass is 16.6. The van der Waals surface area contributed by atoms with Gasteiger partial charge in [-0.2, -0.15) is 0 Å². The maximum absolute atomic E-state index is 13.3. The standard InChI is InChI=1S/C54H70O15/c1-33(19-15-21-35(3)23-25-40-38(6)47(59)42(28-51(40,8)9)68-37(5)27-53(65,49(61)62)30-44(55)56)17-13-14-18-34(2)20-16-22-36(4)24-26-41-39(7)48(60)43(29-52(41,10)11)69-46(58)32-54(66,50(63)64)31-45(57)67-12/h13-26,37,42-43,65-66H,27-32H2,1-12H3,(H,55,56)(H,61,62)(H,63,64)/b14-13+,19-15+,20-16+,25-23+,26-24+,33-17+,34-18+,35-21+,36-22+. The number of carbonyl (C=O) groups is 7. The largest absolute Gasteiger partial charge is 0.481 e. The number of rotatable bonds is 23. The third-order valence-electron chi connectivity index (χ3n) is 11.9. The zero-order valence-corrected chi connectivity index (χ0v) is 41.9. The molecular formula is C54H70O15. The van der Waals surface area contributed by atoms with Crippen LogP contribution in [-0.4, -0.2) is 104 Å². The van der Waals surface area contributed by atoms with Crippen LogP contribution in [0, 0.1) is 10.8 Å². The number of allylic oxidation sites excluding steroid dienone is 20. The van der Waals surface area contributed by atoms with Gasteiger partial charge in [-0.05, 0) is 88.0 Å². The number of hydrogen-bond acceptors (Lipinski definition) is 12. The summed E-state index contributed by atoms with van der Waals surface area (Å²) in [6.07, 6.45) is 21.0. The number of methoxy groups -OCH3 is 1. The van der Waals surface area contributed by atoms with Gasteiger partial charge < -0.3 is 39.7 Å². The van der Waals surface area contributed by atoms with Gasteiger partial charge in [-0.1, -0.05) is 135 Å². The van der Waals surface area contributed by atoms with Gasteiger partial charge in [0.2, 0.25) is 0 Å². The Morgan fingerprint density at radius 2 is 1.01 bits per heavy atom. The summed E-state index contributed by atoms with van der Waals surface area (Å²) >= 11 is 0. The number of aliphatic carboxylic acids is 3. The van der Waals surface area contributed by atoms with Gasteiger partial charge in [0.1, 0.15) is 6.10 Å². The van der Waals surface area contributed by atoms with E-state index in [1.807, 2.05) is 140 Å². The molecule has 0 aromatic carbocycles. The van der Waals surface area contributed by atoms with Crippen LogP contribution in [0.15, 0.2) is 130 Å². The molecule has 2 aliphatic carbocycles.